The normalized spacial score (nSPS) is 26.9. The number of nitrogens with one attached hydrogen (secondary N) is 1. The maximum atomic E-state index is 10.8. The molecule has 0 radical (unpaired) electrons. The fourth-order valence-corrected chi connectivity index (χ4v) is 3.30. The van der Waals surface area contributed by atoms with Crippen LogP contribution < -0.4 is 5.32 Å². The van der Waals surface area contributed by atoms with E-state index in [0.29, 0.717) is 12.1 Å². The summed E-state index contributed by atoms with van der Waals surface area (Å²) in [4.78, 5) is 13.0. The number of nitro groups is 1. The highest BCUT2D eigenvalue weighted by molar-refractivity contribution is 5.51. The highest BCUT2D eigenvalue weighted by Crippen LogP contribution is 2.29. The molecule has 2 atom stereocenters. The van der Waals surface area contributed by atoms with Crippen LogP contribution >= 0.6 is 0 Å². The molecular weight excluding hydrogens is 242 g/mol. The fourth-order valence-electron chi connectivity index (χ4n) is 3.30. The number of anilines is 1. The second kappa shape index (κ2) is 5.17. The molecule has 2 saturated heterocycles. The summed E-state index contributed by atoms with van der Waals surface area (Å²) < 4.78 is 0. The van der Waals surface area contributed by atoms with Crippen LogP contribution in [0.3, 0.4) is 0 Å². The average Bonchev–Trinajstić information content (AvgIpc) is 2.86. The van der Waals surface area contributed by atoms with Crippen molar-refractivity contribution in [2.75, 3.05) is 18.4 Å². The first-order valence-electron chi connectivity index (χ1n) is 6.97. The third-order valence-electron chi connectivity index (χ3n) is 4.25. The molecule has 1 aromatic carbocycles. The number of hydrogen-bond acceptors (Lipinski definition) is 4. The maximum absolute atomic E-state index is 10.8. The number of fused-ring (bicyclic) bond motifs is 1. The first-order chi connectivity index (χ1) is 9.22. The lowest BCUT2D eigenvalue weighted by molar-refractivity contribution is -0.384. The van der Waals surface area contributed by atoms with Gasteiger partial charge >= 0.3 is 0 Å². The molecule has 102 valence electrons. The zero-order chi connectivity index (χ0) is 13.2. The average molecular weight is 261 g/mol. The Morgan fingerprint density at radius 1 is 1.32 bits per heavy atom. The Hall–Kier alpha value is -1.62. The molecule has 3 rings (SSSR count). The molecule has 19 heavy (non-hydrogen) atoms. The van der Waals surface area contributed by atoms with Crippen molar-refractivity contribution in [2.24, 2.45) is 0 Å². The Balaban J connectivity index is 1.65. The highest BCUT2D eigenvalue weighted by Gasteiger charge is 2.31. The van der Waals surface area contributed by atoms with Crippen LogP contribution in [-0.4, -0.2) is 35.0 Å². The summed E-state index contributed by atoms with van der Waals surface area (Å²) in [5, 5.41) is 14.2. The van der Waals surface area contributed by atoms with Crippen molar-refractivity contribution >= 4 is 11.4 Å². The predicted octanol–water partition coefficient (Wildman–Crippen LogP) is 2.63. The molecule has 2 heterocycles. The summed E-state index contributed by atoms with van der Waals surface area (Å²) in [6, 6.07) is 7.97. The fraction of sp³-hybridized carbons (Fsp3) is 0.571. The van der Waals surface area contributed by atoms with Gasteiger partial charge in [-0.15, -0.1) is 0 Å². The molecule has 1 N–H and O–H groups in total. The zero-order valence-corrected chi connectivity index (χ0v) is 10.9. The molecule has 2 aliphatic rings. The summed E-state index contributed by atoms with van der Waals surface area (Å²) in [6.45, 7) is 2.39. The van der Waals surface area contributed by atoms with Crippen LogP contribution in [-0.2, 0) is 0 Å². The van der Waals surface area contributed by atoms with Gasteiger partial charge in [0.2, 0.25) is 0 Å². The van der Waals surface area contributed by atoms with Crippen LogP contribution in [0.5, 0.6) is 0 Å². The van der Waals surface area contributed by atoms with Gasteiger partial charge in [-0.05, 0) is 38.3 Å². The van der Waals surface area contributed by atoms with Gasteiger partial charge in [0.1, 0.15) is 0 Å². The number of nitro benzene ring substituents is 1. The van der Waals surface area contributed by atoms with Gasteiger partial charge < -0.3 is 10.2 Å². The Morgan fingerprint density at radius 3 is 3.05 bits per heavy atom. The van der Waals surface area contributed by atoms with Crippen LogP contribution in [0.1, 0.15) is 25.7 Å². The largest absolute Gasteiger partial charge is 0.382 e. The van der Waals surface area contributed by atoms with Gasteiger partial charge in [-0.2, -0.15) is 0 Å². The van der Waals surface area contributed by atoms with Crippen LogP contribution in [0.15, 0.2) is 24.3 Å². The van der Waals surface area contributed by atoms with Gasteiger partial charge in [-0.25, -0.2) is 0 Å². The van der Waals surface area contributed by atoms with Gasteiger partial charge in [0.05, 0.1) is 4.92 Å². The summed E-state index contributed by atoms with van der Waals surface area (Å²) in [7, 11) is 0. The van der Waals surface area contributed by atoms with E-state index in [1.54, 1.807) is 12.1 Å². The van der Waals surface area contributed by atoms with E-state index in [1.165, 1.54) is 25.5 Å². The van der Waals surface area contributed by atoms with Crippen molar-refractivity contribution in [2.45, 2.75) is 37.8 Å². The second-order valence-electron chi connectivity index (χ2n) is 5.51. The van der Waals surface area contributed by atoms with E-state index in [9.17, 15) is 10.1 Å². The minimum Gasteiger partial charge on any atom is -0.382 e. The van der Waals surface area contributed by atoms with E-state index < -0.39 is 0 Å². The van der Waals surface area contributed by atoms with Gasteiger partial charge in [0.15, 0.2) is 0 Å². The summed E-state index contributed by atoms with van der Waals surface area (Å²) in [5.74, 6) is 0. The molecule has 2 aliphatic heterocycles. The van der Waals surface area contributed by atoms with Crippen molar-refractivity contribution in [1.29, 1.82) is 0 Å². The van der Waals surface area contributed by atoms with Crippen LogP contribution in [0.2, 0.25) is 0 Å². The molecule has 0 saturated carbocycles. The molecule has 0 aliphatic carbocycles. The highest BCUT2D eigenvalue weighted by atomic mass is 16.6. The van der Waals surface area contributed by atoms with Crippen molar-refractivity contribution in [3.05, 3.63) is 34.4 Å². The van der Waals surface area contributed by atoms with Crippen molar-refractivity contribution < 1.29 is 4.92 Å². The second-order valence-corrected chi connectivity index (χ2v) is 5.51. The van der Waals surface area contributed by atoms with E-state index in [-0.39, 0.29) is 10.6 Å². The molecule has 0 aromatic heterocycles. The first-order valence-corrected chi connectivity index (χ1v) is 6.97. The summed E-state index contributed by atoms with van der Waals surface area (Å²) >= 11 is 0. The quantitative estimate of drug-likeness (QED) is 0.671. The molecular formula is C14H19N3O2. The SMILES string of the molecule is O=[N+]([O-])c1cccc(NC2CCN3CCCC3C2)c1. The van der Waals surface area contributed by atoms with Gasteiger partial charge in [-0.1, -0.05) is 6.07 Å². The topological polar surface area (TPSA) is 58.4 Å². The number of nitrogens with zero attached hydrogens (tertiary/aromatic N) is 2. The van der Waals surface area contributed by atoms with Gasteiger partial charge in [0.25, 0.3) is 5.69 Å². The van der Waals surface area contributed by atoms with E-state index in [1.807, 2.05) is 6.07 Å². The molecule has 1 aromatic rings. The standard InChI is InChI=1S/C14H19N3O2/c18-17(19)14-4-1-3-11(10-14)15-12-6-8-16-7-2-5-13(16)9-12/h1,3-4,10,12-13,15H,2,5-9H2. The van der Waals surface area contributed by atoms with E-state index >= 15 is 0 Å². The zero-order valence-electron chi connectivity index (χ0n) is 10.9. The van der Waals surface area contributed by atoms with Crippen LogP contribution in [0.25, 0.3) is 0 Å². The molecule has 0 spiro atoms. The van der Waals surface area contributed by atoms with E-state index in [2.05, 4.69) is 10.2 Å². The monoisotopic (exact) mass is 261 g/mol. The number of benzene rings is 1. The molecule has 5 nitrogen and oxygen atoms in total. The lowest BCUT2D eigenvalue weighted by Crippen LogP contribution is -2.42. The Kier molecular flexibility index (Phi) is 3.38. The number of hydrogen-bond donors (Lipinski definition) is 1. The van der Waals surface area contributed by atoms with Crippen molar-refractivity contribution in [3.8, 4) is 0 Å². The van der Waals surface area contributed by atoms with Crippen molar-refractivity contribution in [3.63, 3.8) is 0 Å². The first kappa shape index (κ1) is 12.4. The summed E-state index contributed by atoms with van der Waals surface area (Å²) in [6.07, 6.45) is 4.89. The van der Waals surface area contributed by atoms with Crippen LogP contribution in [0.4, 0.5) is 11.4 Å². The Labute approximate surface area is 112 Å². The minimum atomic E-state index is -0.343. The molecule has 2 unspecified atom stereocenters. The van der Waals surface area contributed by atoms with Crippen molar-refractivity contribution in [1.82, 2.24) is 4.90 Å². The molecule has 5 heteroatoms. The smallest absolute Gasteiger partial charge is 0.271 e. The third-order valence-corrected chi connectivity index (χ3v) is 4.25. The van der Waals surface area contributed by atoms with Gasteiger partial charge in [0, 0.05) is 36.4 Å². The lowest BCUT2D eigenvalue weighted by atomic mass is 9.97. The minimum absolute atomic E-state index is 0.156. The summed E-state index contributed by atoms with van der Waals surface area (Å²) in [5.41, 5.74) is 1.02. The third kappa shape index (κ3) is 2.71. The van der Waals surface area contributed by atoms with Gasteiger partial charge in [-0.3, -0.25) is 10.1 Å². The molecule has 0 amide bonds. The lowest BCUT2D eigenvalue weighted by Gasteiger charge is -2.35. The Morgan fingerprint density at radius 2 is 2.21 bits per heavy atom. The number of rotatable bonds is 3. The Bertz CT molecular complexity index is 478. The maximum Gasteiger partial charge on any atom is 0.271 e. The molecule has 2 fully saturated rings. The van der Waals surface area contributed by atoms with Crippen LogP contribution in [0, 0.1) is 10.1 Å². The van der Waals surface area contributed by atoms with E-state index in [4.69, 9.17) is 0 Å². The molecule has 0 bridgehead atoms. The number of piperidine rings is 1. The van der Waals surface area contributed by atoms with E-state index in [0.717, 1.165) is 25.1 Å². The number of non-ortho nitro benzene ring substituents is 1. The predicted molar refractivity (Wildman–Crippen MR) is 74.3 cm³/mol.